The lowest BCUT2D eigenvalue weighted by Crippen LogP contribution is -2.44. The van der Waals surface area contributed by atoms with E-state index in [-0.39, 0.29) is 41.0 Å². The summed E-state index contributed by atoms with van der Waals surface area (Å²) in [5, 5.41) is 8.48. The number of nitrogens with zero attached hydrogens (tertiary/aromatic N) is 2. The Morgan fingerprint density at radius 3 is 2.42 bits per heavy atom. The monoisotopic (exact) mass is 513 g/mol. The number of carbonyl (C=O) groups is 3. The molecule has 3 aliphatic rings. The summed E-state index contributed by atoms with van der Waals surface area (Å²) in [7, 11) is 0. The van der Waals surface area contributed by atoms with Crippen LogP contribution in [-0.4, -0.2) is 73.0 Å². The third-order valence-electron chi connectivity index (χ3n) is 7.37. The molecule has 190 valence electrons. The molecule has 2 aromatic rings. The fraction of sp³-hybridized carbons (Fsp3) is 0.423. The number of fused-ring (bicyclic) bond motifs is 1. The second kappa shape index (κ2) is 10.4. The Balaban J connectivity index is 1.17. The number of amides is 4. The zero-order chi connectivity index (χ0) is 25.2. The highest BCUT2D eigenvalue weighted by Gasteiger charge is 2.42. The van der Waals surface area contributed by atoms with Gasteiger partial charge in [0.05, 0.1) is 16.6 Å². The van der Waals surface area contributed by atoms with Crippen LogP contribution in [0.25, 0.3) is 0 Å². The van der Waals surface area contributed by atoms with Gasteiger partial charge in [-0.15, -0.1) is 0 Å². The number of likely N-dealkylation sites (tertiary alicyclic amines) is 2. The largest absolute Gasteiger partial charge is 0.347 e. The first-order valence-corrected chi connectivity index (χ1v) is 12.6. The predicted molar refractivity (Wildman–Crippen MR) is 133 cm³/mol. The van der Waals surface area contributed by atoms with Gasteiger partial charge in [0, 0.05) is 39.3 Å². The van der Waals surface area contributed by atoms with Crippen molar-refractivity contribution >= 4 is 29.4 Å². The van der Waals surface area contributed by atoms with E-state index in [9.17, 15) is 18.8 Å². The van der Waals surface area contributed by atoms with Crippen molar-refractivity contribution in [1.29, 1.82) is 0 Å². The zero-order valence-electron chi connectivity index (χ0n) is 19.8. The number of carbonyl (C=O) groups excluding carboxylic acids is 3. The number of hydrogen-bond donors (Lipinski definition) is 3. The molecule has 3 saturated heterocycles. The normalized spacial score (nSPS) is 24.2. The molecule has 4 amide bonds. The lowest BCUT2D eigenvalue weighted by atomic mass is 10.0. The second-order valence-corrected chi connectivity index (χ2v) is 10.2. The number of rotatable bonds is 7. The highest BCUT2D eigenvalue weighted by Crippen LogP contribution is 2.33. The number of halogens is 2. The maximum Gasteiger partial charge on any atom is 0.315 e. The Bertz CT molecular complexity index is 1120. The summed E-state index contributed by atoms with van der Waals surface area (Å²) in [5.41, 5.74) is 0.965. The highest BCUT2D eigenvalue weighted by atomic mass is 35.5. The van der Waals surface area contributed by atoms with Crippen LogP contribution < -0.4 is 16.0 Å². The van der Waals surface area contributed by atoms with Crippen LogP contribution in [0, 0.1) is 17.7 Å². The summed E-state index contributed by atoms with van der Waals surface area (Å²) >= 11 is 6.10. The van der Waals surface area contributed by atoms with Crippen molar-refractivity contribution in [2.45, 2.75) is 18.5 Å². The van der Waals surface area contributed by atoms with Crippen LogP contribution in [0.4, 0.5) is 9.18 Å². The van der Waals surface area contributed by atoms with E-state index in [2.05, 4.69) is 20.9 Å². The van der Waals surface area contributed by atoms with E-state index in [0.717, 1.165) is 31.6 Å². The van der Waals surface area contributed by atoms with E-state index in [1.165, 1.54) is 18.2 Å². The molecule has 8 nitrogen and oxygen atoms in total. The van der Waals surface area contributed by atoms with E-state index < -0.39 is 11.9 Å². The van der Waals surface area contributed by atoms with Crippen LogP contribution in [0.2, 0.25) is 5.02 Å². The Morgan fingerprint density at radius 1 is 1.06 bits per heavy atom. The van der Waals surface area contributed by atoms with E-state index in [1.54, 1.807) is 4.90 Å². The van der Waals surface area contributed by atoms with Crippen molar-refractivity contribution < 1.29 is 18.8 Å². The molecule has 3 heterocycles. The lowest BCUT2D eigenvalue weighted by Gasteiger charge is -2.25. The Morgan fingerprint density at radius 2 is 1.78 bits per heavy atom. The van der Waals surface area contributed by atoms with E-state index in [1.807, 2.05) is 30.3 Å². The molecule has 0 aromatic heterocycles. The summed E-state index contributed by atoms with van der Waals surface area (Å²) in [5.74, 6) is -0.498. The summed E-state index contributed by atoms with van der Waals surface area (Å²) in [6.45, 7) is 3.91. The number of benzene rings is 2. The highest BCUT2D eigenvalue weighted by molar-refractivity contribution is 6.33. The summed E-state index contributed by atoms with van der Waals surface area (Å²) in [4.78, 5) is 41.2. The maximum absolute atomic E-state index is 14.2. The van der Waals surface area contributed by atoms with Crippen molar-refractivity contribution in [2.24, 2.45) is 11.8 Å². The smallest absolute Gasteiger partial charge is 0.315 e. The maximum atomic E-state index is 14.2. The Kier molecular flexibility index (Phi) is 7.11. The molecular weight excluding hydrogens is 485 g/mol. The van der Waals surface area contributed by atoms with E-state index in [0.29, 0.717) is 24.9 Å². The molecule has 3 fully saturated rings. The number of nitrogens with one attached hydrogen (secondary N) is 3. The van der Waals surface area contributed by atoms with Crippen molar-refractivity contribution in [3.63, 3.8) is 0 Å². The van der Waals surface area contributed by atoms with Crippen molar-refractivity contribution in [1.82, 2.24) is 25.8 Å². The van der Waals surface area contributed by atoms with Gasteiger partial charge in [-0.1, -0.05) is 48.0 Å². The van der Waals surface area contributed by atoms with Crippen LogP contribution >= 0.6 is 11.6 Å². The average Bonchev–Trinajstić information content (AvgIpc) is 3.57. The molecule has 5 rings (SSSR count). The molecule has 3 unspecified atom stereocenters. The SMILES string of the molecule is O=C1NCC(C(=O)N[C@@H](CCN2CC3CN(C(=O)c4c(F)cccc4Cl)CC3C2)c2ccccc2)N1. The molecule has 0 bridgehead atoms. The van der Waals surface area contributed by atoms with Crippen molar-refractivity contribution in [2.75, 3.05) is 39.3 Å². The van der Waals surface area contributed by atoms with Gasteiger partial charge in [0.25, 0.3) is 5.91 Å². The molecule has 0 spiro atoms. The van der Waals surface area contributed by atoms with E-state index >= 15 is 0 Å². The van der Waals surface area contributed by atoms with Crippen molar-refractivity contribution in [3.8, 4) is 0 Å². The third-order valence-corrected chi connectivity index (χ3v) is 7.68. The van der Waals surface area contributed by atoms with Gasteiger partial charge in [0.2, 0.25) is 5.91 Å². The van der Waals surface area contributed by atoms with Crippen LogP contribution in [0.5, 0.6) is 0 Å². The molecular formula is C26H29ClFN5O3. The van der Waals surface area contributed by atoms with Crippen molar-refractivity contribution in [3.05, 3.63) is 70.5 Å². The first-order valence-electron chi connectivity index (χ1n) is 12.2. The van der Waals surface area contributed by atoms with E-state index in [4.69, 9.17) is 11.6 Å². The Hall–Kier alpha value is -3.17. The van der Waals surface area contributed by atoms with Gasteiger partial charge in [-0.05, 0) is 36.0 Å². The van der Waals surface area contributed by atoms with Crippen LogP contribution in [0.3, 0.4) is 0 Å². The molecule has 3 aliphatic heterocycles. The first kappa shape index (κ1) is 24.5. The van der Waals surface area contributed by atoms with Gasteiger partial charge in [-0.3, -0.25) is 9.59 Å². The summed E-state index contributed by atoms with van der Waals surface area (Å²) in [6.07, 6.45) is 0.719. The average molecular weight is 514 g/mol. The zero-order valence-corrected chi connectivity index (χ0v) is 20.5. The van der Waals surface area contributed by atoms with Gasteiger partial charge >= 0.3 is 6.03 Å². The molecule has 0 radical (unpaired) electrons. The second-order valence-electron chi connectivity index (χ2n) is 9.75. The Labute approximate surface area is 214 Å². The van der Waals surface area contributed by atoms with Crippen LogP contribution in [-0.2, 0) is 4.79 Å². The predicted octanol–water partition coefficient (Wildman–Crippen LogP) is 2.41. The quantitative estimate of drug-likeness (QED) is 0.530. The number of hydrogen-bond acceptors (Lipinski definition) is 4. The fourth-order valence-corrected chi connectivity index (χ4v) is 5.75. The van der Waals surface area contributed by atoms with Gasteiger partial charge < -0.3 is 25.8 Å². The van der Waals surface area contributed by atoms with Gasteiger partial charge in [0.1, 0.15) is 11.9 Å². The molecule has 0 aliphatic carbocycles. The molecule has 2 aromatic carbocycles. The third kappa shape index (κ3) is 5.17. The fourth-order valence-electron chi connectivity index (χ4n) is 5.50. The summed E-state index contributed by atoms with van der Waals surface area (Å²) in [6, 6.07) is 13.0. The molecule has 10 heteroatoms. The molecule has 0 saturated carbocycles. The summed E-state index contributed by atoms with van der Waals surface area (Å²) < 4.78 is 14.2. The first-order chi connectivity index (χ1) is 17.4. The van der Waals surface area contributed by atoms with Gasteiger partial charge in [0.15, 0.2) is 0 Å². The van der Waals surface area contributed by atoms with Gasteiger partial charge in [-0.25, -0.2) is 9.18 Å². The lowest BCUT2D eigenvalue weighted by molar-refractivity contribution is -0.123. The standard InChI is InChI=1S/C26H29ClFN5O3/c27-19-7-4-8-20(28)23(19)25(35)33-14-17-12-32(13-18(17)15-33)10-9-21(16-5-2-1-3-6-16)30-24(34)22-11-29-26(36)31-22/h1-8,17-18,21-22H,9-15H2,(H,30,34)(H2,29,31,36)/t17?,18?,21-,22?/m0/s1. The number of urea groups is 1. The topological polar surface area (TPSA) is 93.8 Å². The van der Waals surface area contributed by atoms with Crippen LogP contribution in [0.15, 0.2) is 48.5 Å². The van der Waals surface area contributed by atoms with Gasteiger partial charge in [-0.2, -0.15) is 0 Å². The minimum atomic E-state index is -0.590. The molecule has 3 N–H and O–H groups in total. The molecule has 4 atom stereocenters. The minimum Gasteiger partial charge on any atom is -0.347 e. The molecule has 36 heavy (non-hydrogen) atoms. The minimum absolute atomic E-state index is 0.0499. The van der Waals surface area contributed by atoms with Crippen LogP contribution in [0.1, 0.15) is 28.4 Å².